The van der Waals surface area contributed by atoms with E-state index in [1.54, 1.807) is 4.90 Å². The third-order valence-electron chi connectivity index (χ3n) is 3.21. The fourth-order valence-electron chi connectivity index (χ4n) is 2.23. The lowest BCUT2D eigenvalue weighted by molar-refractivity contribution is 0.339. The first-order valence-corrected chi connectivity index (χ1v) is 6.83. The van der Waals surface area contributed by atoms with E-state index in [2.05, 4.69) is 32.3 Å². The second-order valence-corrected chi connectivity index (χ2v) is 5.33. The van der Waals surface area contributed by atoms with Gasteiger partial charge < -0.3 is 4.52 Å². The molecule has 0 radical (unpaired) electrons. The van der Waals surface area contributed by atoms with E-state index in [4.69, 9.17) is 9.78 Å². The Balaban J connectivity index is 1.87. The number of hydrogen-bond acceptors (Lipinski definition) is 5. The minimum Gasteiger partial charge on any atom is -0.334 e. The SMILES string of the molecule is N#CN1CCCC1c1noc(-c2ccc(Br)cc2)n1. The van der Waals surface area contributed by atoms with Crippen molar-refractivity contribution in [2.75, 3.05) is 6.54 Å². The summed E-state index contributed by atoms with van der Waals surface area (Å²) in [5.41, 5.74) is 0.878. The van der Waals surface area contributed by atoms with Crippen LogP contribution in [0.3, 0.4) is 0 Å². The highest BCUT2D eigenvalue weighted by molar-refractivity contribution is 9.10. The number of likely N-dealkylation sites (tertiary alicyclic amines) is 1. The monoisotopic (exact) mass is 318 g/mol. The van der Waals surface area contributed by atoms with Crippen LogP contribution in [0.5, 0.6) is 0 Å². The van der Waals surface area contributed by atoms with Crippen molar-refractivity contribution in [3.63, 3.8) is 0 Å². The van der Waals surface area contributed by atoms with E-state index in [1.807, 2.05) is 24.3 Å². The van der Waals surface area contributed by atoms with E-state index in [0.29, 0.717) is 11.7 Å². The molecule has 0 amide bonds. The van der Waals surface area contributed by atoms with Gasteiger partial charge in [-0.3, -0.25) is 4.90 Å². The predicted molar refractivity (Wildman–Crippen MR) is 71.7 cm³/mol. The predicted octanol–water partition coefficient (Wildman–Crippen LogP) is 3.12. The highest BCUT2D eigenvalue weighted by atomic mass is 79.9. The molecule has 1 aliphatic heterocycles. The number of hydrogen-bond donors (Lipinski definition) is 0. The van der Waals surface area contributed by atoms with Crippen LogP contribution in [0.1, 0.15) is 24.7 Å². The van der Waals surface area contributed by atoms with Crippen molar-refractivity contribution in [1.29, 1.82) is 5.26 Å². The van der Waals surface area contributed by atoms with Crippen molar-refractivity contribution in [2.24, 2.45) is 0 Å². The number of aromatic nitrogens is 2. The minimum atomic E-state index is -0.0436. The molecule has 1 unspecified atom stereocenters. The summed E-state index contributed by atoms with van der Waals surface area (Å²) in [5, 5.41) is 13.0. The summed E-state index contributed by atoms with van der Waals surface area (Å²) >= 11 is 3.38. The van der Waals surface area contributed by atoms with Crippen molar-refractivity contribution in [1.82, 2.24) is 15.0 Å². The lowest BCUT2D eigenvalue weighted by Gasteiger charge is -2.13. The normalized spacial score (nSPS) is 18.5. The molecule has 1 aliphatic rings. The molecule has 0 spiro atoms. The second-order valence-electron chi connectivity index (χ2n) is 4.42. The zero-order valence-corrected chi connectivity index (χ0v) is 11.7. The Morgan fingerprint density at radius 3 is 2.89 bits per heavy atom. The van der Waals surface area contributed by atoms with E-state index < -0.39 is 0 Å². The van der Waals surface area contributed by atoms with Crippen LogP contribution < -0.4 is 0 Å². The summed E-state index contributed by atoms with van der Waals surface area (Å²) < 4.78 is 6.29. The quantitative estimate of drug-likeness (QED) is 0.796. The number of benzene rings is 1. The Hall–Kier alpha value is -1.87. The molecule has 1 aromatic heterocycles. The van der Waals surface area contributed by atoms with Gasteiger partial charge in [0.25, 0.3) is 5.89 Å². The molecule has 96 valence electrons. The Morgan fingerprint density at radius 2 is 2.16 bits per heavy atom. The summed E-state index contributed by atoms with van der Waals surface area (Å²) in [7, 11) is 0. The van der Waals surface area contributed by atoms with E-state index >= 15 is 0 Å². The van der Waals surface area contributed by atoms with Crippen LogP contribution >= 0.6 is 15.9 Å². The molecule has 2 heterocycles. The van der Waals surface area contributed by atoms with Crippen LogP contribution in [0, 0.1) is 11.5 Å². The Bertz CT molecular complexity index is 616. The average Bonchev–Trinajstić information content (AvgIpc) is 3.07. The van der Waals surface area contributed by atoms with Crippen LogP contribution in [-0.4, -0.2) is 21.6 Å². The molecule has 0 saturated carbocycles. The van der Waals surface area contributed by atoms with Gasteiger partial charge in [-0.05, 0) is 37.1 Å². The van der Waals surface area contributed by atoms with Gasteiger partial charge in [0, 0.05) is 16.6 Å². The molecule has 1 atom stereocenters. The number of halogens is 1. The maximum Gasteiger partial charge on any atom is 0.258 e. The molecular weight excluding hydrogens is 308 g/mol. The van der Waals surface area contributed by atoms with Gasteiger partial charge in [-0.15, -0.1) is 0 Å². The average molecular weight is 319 g/mol. The van der Waals surface area contributed by atoms with Gasteiger partial charge >= 0.3 is 0 Å². The van der Waals surface area contributed by atoms with E-state index in [0.717, 1.165) is 29.4 Å². The molecule has 2 aromatic rings. The molecule has 19 heavy (non-hydrogen) atoms. The lowest BCUT2D eigenvalue weighted by Crippen LogP contribution is -2.17. The van der Waals surface area contributed by atoms with Crippen molar-refractivity contribution < 1.29 is 4.52 Å². The third kappa shape index (κ3) is 2.34. The van der Waals surface area contributed by atoms with E-state index in [9.17, 15) is 0 Å². The first-order chi connectivity index (χ1) is 9.28. The zero-order chi connectivity index (χ0) is 13.2. The zero-order valence-electron chi connectivity index (χ0n) is 10.1. The van der Waals surface area contributed by atoms with Crippen LogP contribution in [0.4, 0.5) is 0 Å². The van der Waals surface area contributed by atoms with Gasteiger partial charge in [-0.2, -0.15) is 10.2 Å². The van der Waals surface area contributed by atoms with E-state index in [1.165, 1.54) is 0 Å². The first kappa shape index (κ1) is 12.2. The molecular formula is C13H11BrN4O. The van der Waals surface area contributed by atoms with Gasteiger partial charge in [0.1, 0.15) is 6.04 Å². The van der Waals surface area contributed by atoms with Gasteiger partial charge in [0.15, 0.2) is 12.0 Å². The summed E-state index contributed by atoms with van der Waals surface area (Å²) in [6, 6.07) is 7.64. The number of nitriles is 1. The standard InChI is InChI=1S/C13H11BrN4O/c14-10-5-3-9(4-6-10)13-16-12(17-19-13)11-2-1-7-18(11)8-15/h3-6,11H,1-2,7H2. The van der Waals surface area contributed by atoms with Crippen LogP contribution in [0.15, 0.2) is 33.3 Å². The number of nitrogens with zero attached hydrogens (tertiary/aromatic N) is 4. The number of rotatable bonds is 2. The summed E-state index contributed by atoms with van der Waals surface area (Å²) in [4.78, 5) is 6.11. The lowest BCUT2D eigenvalue weighted by atomic mass is 10.2. The molecule has 0 N–H and O–H groups in total. The minimum absolute atomic E-state index is 0.0436. The molecule has 1 fully saturated rings. The van der Waals surface area contributed by atoms with Gasteiger partial charge in [0.2, 0.25) is 0 Å². The maximum atomic E-state index is 9.04. The van der Waals surface area contributed by atoms with Crippen molar-refractivity contribution in [2.45, 2.75) is 18.9 Å². The molecule has 3 rings (SSSR count). The Labute approximate surface area is 119 Å². The topological polar surface area (TPSA) is 66.0 Å². The van der Waals surface area contributed by atoms with Crippen molar-refractivity contribution >= 4 is 15.9 Å². The maximum absolute atomic E-state index is 9.04. The fraction of sp³-hybridized carbons (Fsp3) is 0.308. The Morgan fingerprint density at radius 1 is 1.37 bits per heavy atom. The fourth-order valence-corrected chi connectivity index (χ4v) is 2.50. The summed E-state index contributed by atoms with van der Waals surface area (Å²) in [6.07, 6.45) is 4.06. The third-order valence-corrected chi connectivity index (χ3v) is 3.74. The van der Waals surface area contributed by atoms with Crippen molar-refractivity contribution in [3.8, 4) is 17.6 Å². The summed E-state index contributed by atoms with van der Waals surface area (Å²) in [6.45, 7) is 0.767. The Kier molecular flexibility index (Phi) is 3.22. The highest BCUT2D eigenvalue weighted by Gasteiger charge is 2.29. The summed E-state index contributed by atoms with van der Waals surface area (Å²) in [5.74, 6) is 1.09. The largest absolute Gasteiger partial charge is 0.334 e. The molecule has 6 heteroatoms. The van der Waals surface area contributed by atoms with Crippen LogP contribution in [-0.2, 0) is 0 Å². The molecule has 0 aliphatic carbocycles. The van der Waals surface area contributed by atoms with Crippen LogP contribution in [0.25, 0.3) is 11.5 Å². The highest BCUT2D eigenvalue weighted by Crippen LogP contribution is 2.30. The first-order valence-electron chi connectivity index (χ1n) is 6.04. The van der Waals surface area contributed by atoms with Crippen LogP contribution in [0.2, 0.25) is 0 Å². The van der Waals surface area contributed by atoms with Crippen molar-refractivity contribution in [3.05, 3.63) is 34.6 Å². The smallest absolute Gasteiger partial charge is 0.258 e. The molecule has 0 bridgehead atoms. The van der Waals surface area contributed by atoms with E-state index in [-0.39, 0.29) is 6.04 Å². The van der Waals surface area contributed by atoms with Gasteiger partial charge in [-0.25, -0.2) is 0 Å². The molecule has 5 nitrogen and oxygen atoms in total. The molecule has 1 aromatic carbocycles. The second kappa shape index (κ2) is 5.02. The van der Waals surface area contributed by atoms with Gasteiger partial charge in [-0.1, -0.05) is 21.1 Å². The van der Waals surface area contributed by atoms with Gasteiger partial charge in [0.05, 0.1) is 0 Å². The molecule has 1 saturated heterocycles.